The lowest BCUT2D eigenvalue weighted by Gasteiger charge is -2.03. The van der Waals surface area contributed by atoms with E-state index in [1.165, 1.54) is 11.8 Å². The van der Waals surface area contributed by atoms with E-state index in [-0.39, 0.29) is 17.3 Å². The molecule has 4 aromatic rings. The lowest BCUT2D eigenvalue weighted by molar-refractivity contribution is 0.0993. The molecule has 0 saturated heterocycles. The van der Waals surface area contributed by atoms with Crippen LogP contribution in [0.25, 0.3) is 17.0 Å². The highest BCUT2D eigenvalue weighted by molar-refractivity contribution is 7.99. The number of halogens is 2. The molecule has 0 N–H and O–H groups in total. The minimum Gasteiger partial charge on any atom is -0.453 e. The van der Waals surface area contributed by atoms with E-state index in [0.29, 0.717) is 26.5 Å². The Balaban J connectivity index is 1.48. The number of tetrazole rings is 1. The van der Waals surface area contributed by atoms with Gasteiger partial charge in [-0.15, -0.1) is 5.10 Å². The van der Waals surface area contributed by atoms with Gasteiger partial charge in [0, 0.05) is 10.6 Å². The van der Waals surface area contributed by atoms with Crippen molar-refractivity contribution < 1.29 is 9.21 Å². The van der Waals surface area contributed by atoms with Gasteiger partial charge in [-0.25, -0.2) is 0 Å². The van der Waals surface area contributed by atoms with Crippen LogP contribution in [0.4, 0.5) is 0 Å². The van der Waals surface area contributed by atoms with Crippen LogP contribution in [0.5, 0.6) is 0 Å². The number of ketones is 1. The Morgan fingerprint density at radius 3 is 2.71 bits per heavy atom. The predicted octanol–water partition coefficient (Wildman–Crippen LogP) is 5.20. The lowest BCUT2D eigenvalue weighted by atomic mass is 10.2. The average Bonchev–Trinajstić information content (AvgIpc) is 3.38. The predicted molar refractivity (Wildman–Crippen MR) is 108 cm³/mol. The minimum atomic E-state index is -0.183. The van der Waals surface area contributed by atoms with Crippen molar-refractivity contribution in [3.63, 3.8) is 0 Å². The first-order valence-electron chi connectivity index (χ1n) is 8.17. The zero-order valence-electron chi connectivity index (χ0n) is 14.3. The van der Waals surface area contributed by atoms with Gasteiger partial charge in [0.15, 0.2) is 5.76 Å². The molecule has 0 aliphatic heterocycles. The van der Waals surface area contributed by atoms with Gasteiger partial charge in [-0.3, -0.25) is 4.79 Å². The van der Waals surface area contributed by atoms with E-state index in [9.17, 15) is 4.79 Å². The first kappa shape index (κ1) is 18.7. The van der Waals surface area contributed by atoms with Gasteiger partial charge in [0.1, 0.15) is 5.76 Å². The van der Waals surface area contributed by atoms with E-state index in [2.05, 4.69) is 15.5 Å². The monoisotopic (exact) mass is 430 g/mol. The molecule has 0 amide bonds. The number of rotatable bonds is 6. The van der Waals surface area contributed by atoms with Crippen LogP contribution in [-0.4, -0.2) is 31.7 Å². The summed E-state index contributed by atoms with van der Waals surface area (Å²) in [5.74, 6) is 0.660. The van der Waals surface area contributed by atoms with Gasteiger partial charge >= 0.3 is 0 Å². The zero-order chi connectivity index (χ0) is 19.5. The van der Waals surface area contributed by atoms with Crippen LogP contribution in [0.15, 0.2) is 70.2 Å². The van der Waals surface area contributed by atoms with Crippen LogP contribution in [0.2, 0.25) is 10.0 Å². The maximum atomic E-state index is 12.5. The first-order chi connectivity index (χ1) is 13.6. The van der Waals surface area contributed by atoms with Crippen LogP contribution >= 0.6 is 35.0 Å². The Labute approximate surface area is 174 Å². The molecular formula is C19H12Cl2N4O2S. The maximum absolute atomic E-state index is 12.5. The number of aromatic nitrogens is 4. The van der Waals surface area contributed by atoms with E-state index in [0.717, 1.165) is 5.69 Å². The van der Waals surface area contributed by atoms with E-state index < -0.39 is 0 Å². The van der Waals surface area contributed by atoms with Crippen molar-refractivity contribution in [1.82, 2.24) is 20.2 Å². The highest BCUT2D eigenvalue weighted by Gasteiger charge is 2.17. The number of hydrogen-bond donors (Lipinski definition) is 0. The summed E-state index contributed by atoms with van der Waals surface area (Å²) in [6.45, 7) is 0. The second kappa shape index (κ2) is 8.18. The zero-order valence-corrected chi connectivity index (χ0v) is 16.6. The van der Waals surface area contributed by atoms with Crippen LogP contribution < -0.4 is 0 Å². The second-order valence-electron chi connectivity index (χ2n) is 5.71. The Kier molecular flexibility index (Phi) is 5.47. The van der Waals surface area contributed by atoms with Crippen LogP contribution in [-0.2, 0) is 0 Å². The quantitative estimate of drug-likeness (QED) is 0.309. The first-order valence-corrected chi connectivity index (χ1v) is 9.91. The van der Waals surface area contributed by atoms with Crippen molar-refractivity contribution in [3.05, 3.63) is 76.5 Å². The SMILES string of the molecule is O=C(CSc1nnnn1-c1ccccc1)c1ccc(-c2cc(Cl)ccc2Cl)o1. The standard InChI is InChI=1S/C19H12Cl2N4O2S/c20-12-6-7-15(21)14(10-12)17-8-9-18(27-17)16(26)11-28-19-22-23-24-25(19)13-4-2-1-3-5-13/h1-10H,11H2. The van der Waals surface area contributed by atoms with Crippen LogP contribution in [0.1, 0.15) is 10.6 Å². The molecular weight excluding hydrogens is 419 g/mol. The summed E-state index contributed by atoms with van der Waals surface area (Å²) in [5, 5.41) is 13.2. The van der Waals surface area contributed by atoms with Gasteiger partial charge in [0.05, 0.1) is 16.5 Å². The molecule has 0 aliphatic carbocycles. The number of carbonyl (C=O) groups is 1. The fourth-order valence-electron chi connectivity index (χ4n) is 2.52. The molecule has 0 bridgehead atoms. The van der Waals surface area contributed by atoms with Gasteiger partial charge in [-0.1, -0.05) is 53.2 Å². The summed E-state index contributed by atoms with van der Waals surface area (Å²) < 4.78 is 7.27. The third-order valence-corrected chi connectivity index (χ3v) is 5.33. The third-order valence-electron chi connectivity index (χ3n) is 3.85. The molecule has 0 atom stereocenters. The number of benzene rings is 2. The molecule has 0 radical (unpaired) electrons. The maximum Gasteiger partial charge on any atom is 0.214 e. The number of hydrogen-bond acceptors (Lipinski definition) is 6. The Hall–Kier alpha value is -2.61. The van der Waals surface area contributed by atoms with E-state index >= 15 is 0 Å². The van der Waals surface area contributed by atoms with Crippen molar-refractivity contribution in [2.45, 2.75) is 5.16 Å². The van der Waals surface area contributed by atoms with E-state index in [1.54, 1.807) is 35.0 Å². The molecule has 2 aromatic carbocycles. The van der Waals surface area contributed by atoms with Crippen molar-refractivity contribution in [1.29, 1.82) is 0 Å². The largest absolute Gasteiger partial charge is 0.453 e. The molecule has 0 fully saturated rings. The van der Waals surface area contributed by atoms with Crippen molar-refractivity contribution >= 4 is 40.7 Å². The van der Waals surface area contributed by atoms with E-state index in [1.807, 2.05) is 30.3 Å². The van der Waals surface area contributed by atoms with Gasteiger partial charge in [-0.2, -0.15) is 4.68 Å². The molecule has 6 nitrogen and oxygen atoms in total. The van der Waals surface area contributed by atoms with Crippen molar-refractivity contribution in [3.8, 4) is 17.0 Å². The summed E-state index contributed by atoms with van der Waals surface area (Å²) in [4.78, 5) is 12.5. The summed E-state index contributed by atoms with van der Waals surface area (Å²) >= 11 is 13.4. The normalized spacial score (nSPS) is 10.9. The molecule has 28 heavy (non-hydrogen) atoms. The number of nitrogens with zero attached hydrogens (tertiary/aromatic N) is 4. The number of Topliss-reactive ketones (excluding diaryl/α,β-unsaturated/α-hetero) is 1. The molecule has 0 spiro atoms. The molecule has 9 heteroatoms. The van der Waals surface area contributed by atoms with Gasteiger partial charge in [-0.05, 0) is 52.9 Å². The number of furan rings is 1. The fourth-order valence-corrected chi connectivity index (χ4v) is 3.66. The molecule has 0 aliphatic rings. The van der Waals surface area contributed by atoms with Gasteiger partial charge in [0.25, 0.3) is 0 Å². The molecule has 0 unspecified atom stereocenters. The number of para-hydroxylation sites is 1. The highest BCUT2D eigenvalue weighted by atomic mass is 35.5. The topological polar surface area (TPSA) is 73.8 Å². The van der Waals surface area contributed by atoms with Crippen molar-refractivity contribution in [2.24, 2.45) is 0 Å². The van der Waals surface area contributed by atoms with Gasteiger partial charge in [0.2, 0.25) is 10.9 Å². The smallest absolute Gasteiger partial charge is 0.214 e. The summed E-state index contributed by atoms with van der Waals surface area (Å²) in [6.07, 6.45) is 0. The number of carbonyl (C=O) groups excluding carboxylic acids is 1. The van der Waals surface area contributed by atoms with E-state index in [4.69, 9.17) is 27.6 Å². The minimum absolute atomic E-state index is 0.128. The fraction of sp³-hybridized carbons (Fsp3) is 0.0526. The second-order valence-corrected chi connectivity index (χ2v) is 7.49. The number of thioether (sulfide) groups is 1. The summed E-state index contributed by atoms with van der Waals surface area (Å²) in [6, 6.07) is 17.8. The Morgan fingerprint density at radius 2 is 1.89 bits per heavy atom. The molecule has 2 heterocycles. The Bertz CT molecular complexity index is 1130. The summed E-state index contributed by atoms with van der Waals surface area (Å²) in [7, 11) is 0. The third kappa shape index (κ3) is 3.96. The highest BCUT2D eigenvalue weighted by Crippen LogP contribution is 2.32. The molecule has 2 aromatic heterocycles. The lowest BCUT2D eigenvalue weighted by Crippen LogP contribution is -2.04. The van der Waals surface area contributed by atoms with Crippen LogP contribution in [0.3, 0.4) is 0 Å². The van der Waals surface area contributed by atoms with Gasteiger partial charge < -0.3 is 4.42 Å². The molecule has 0 saturated carbocycles. The summed E-state index contributed by atoms with van der Waals surface area (Å²) in [5.41, 5.74) is 1.45. The molecule has 140 valence electrons. The molecule has 4 rings (SSSR count). The average molecular weight is 431 g/mol. The van der Waals surface area contributed by atoms with Crippen molar-refractivity contribution in [2.75, 3.05) is 5.75 Å². The Morgan fingerprint density at radius 1 is 1.07 bits per heavy atom. The van der Waals surface area contributed by atoms with Crippen LogP contribution in [0, 0.1) is 0 Å².